The summed E-state index contributed by atoms with van der Waals surface area (Å²) in [4.78, 5) is 0. The molecule has 0 saturated carbocycles. The third-order valence-electron chi connectivity index (χ3n) is 6.30. The fourth-order valence-electron chi connectivity index (χ4n) is 4.98. The van der Waals surface area contributed by atoms with Crippen LogP contribution in [-0.2, 0) is 29.6 Å². The quantitative estimate of drug-likeness (QED) is 0.234. The molecular formula is C30H26Co-6. The third kappa shape index (κ3) is 3.58. The van der Waals surface area contributed by atoms with Crippen LogP contribution >= 0.6 is 0 Å². The van der Waals surface area contributed by atoms with Crippen molar-refractivity contribution < 1.29 is 16.8 Å². The molecule has 0 aliphatic heterocycles. The van der Waals surface area contributed by atoms with Crippen LogP contribution in [0.1, 0.15) is 25.0 Å². The van der Waals surface area contributed by atoms with E-state index in [4.69, 9.17) is 0 Å². The molecule has 0 aromatic heterocycles. The van der Waals surface area contributed by atoms with Crippen LogP contribution in [0.25, 0.3) is 43.1 Å². The third-order valence-corrected chi connectivity index (χ3v) is 6.30. The predicted octanol–water partition coefficient (Wildman–Crippen LogP) is 8.55. The van der Waals surface area contributed by atoms with Gasteiger partial charge in [0.2, 0.25) is 0 Å². The number of aryl methyl sites for hydroxylation is 2. The topological polar surface area (TPSA) is 0 Å². The Morgan fingerprint density at radius 1 is 0.581 bits per heavy atom. The maximum Gasteiger partial charge on any atom is 0 e. The van der Waals surface area contributed by atoms with Crippen LogP contribution in [0, 0.1) is 0 Å². The van der Waals surface area contributed by atoms with Crippen molar-refractivity contribution >= 4 is 43.1 Å². The van der Waals surface area contributed by atoms with E-state index < -0.39 is 0 Å². The van der Waals surface area contributed by atoms with Gasteiger partial charge in [-0.25, -0.2) is 0 Å². The number of fused-ring (bicyclic) bond motifs is 6. The molecule has 0 spiro atoms. The molecule has 0 heterocycles. The van der Waals surface area contributed by atoms with Gasteiger partial charge in [0.25, 0.3) is 0 Å². The van der Waals surface area contributed by atoms with E-state index in [0.717, 1.165) is 12.8 Å². The second-order valence-corrected chi connectivity index (χ2v) is 7.85. The summed E-state index contributed by atoms with van der Waals surface area (Å²) < 4.78 is 0. The minimum absolute atomic E-state index is 0. The summed E-state index contributed by atoms with van der Waals surface area (Å²) in [5, 5.41) is 11.2. The van der Waals surface area contributed by atoms with Gasteiger partial charge in [0, 0.05) is 16.8 Å². The van der Waals surface area contributed by atoms with Gasteiger partial charge in [0.15, 0.2) is 0 Å². The molecule has 0 unspecified atom stereocenters. The average Bonchev–Trinajstić information content (AvgIpc) is 3.32. The van der Waals surface area contributed by atoms with Crippen molar-refractivity contribution in [1.29, 1.82) is 0 Å². The molecule has 6 aromatic rings. The fourth-order valence-corrected chi connectivity index (χ4v) is 4.98. The first kappa shape index (κ1) is 21.4. The molecule has 161 valence electrons. The van der Waals surface area contributed by atoms with E-state index in [-0.39, 0.29) is 16.8 Å². The van der Waals surface area contributed by atoms with Gasteiger partial charge in [-0.3, -0.25) is 0 Å². The van der Waals surface area contributed by atoms with Gasteiger partial charge >= 0.3 is 0 Å². The largest absolute Gasteiger partial charge is 0.560 e. The van der Waals surface area contributed by atoms with Crippen molar-refractivity contribution in [3.05, 3.63) is 108 Å². The molecule has 0 aliphatic rings. The Morgan fingerprint density at radius 3 is 1.71 bits per heavy atom. The Labute approximate surface area is 194 Å². The maximum absolute atomic E-state index is 2.23. The number of benzene rings is 4. The van der Waals surface area contributed by atoms with Crippen molar-refractivity contribution in [2.75, 3.05) is 0 Å². The summed E-state index contributed by atoms with van der Waals surface area (Å²) in [6, 6.07) is 34.8. The molecule has 0 fully saturated rings. The standard InChI is InChI=1S/2C15H13.Co/c2*1-2-11-12-7-3-5-9-14(12)15-10-6-4-8-13(11)15;/h2*3-10H,2H2,1H3;/q-5;-1;. The van der Waals surface area contributed by atoms with Crippen LogP contribution in [0.2, 0.25) is 0 Å². The van der Waals surface area contributed by atoms with E-state index >= 15 is 0 Å². The predicted molar refractivity (Wildman–Crippen MR) is 133 cm³/mol. The van der Waals surface area contributed by atoms with Crippen molar-refractivity contribution in [2.45, 2.75) is 26.7 Å². The summed E-state index contributed by atoms with van der Waals surface area (Å²) in [6.07, 6.45) is 2.21. The molecule has 6 aromatic carbocycles. The Kier molecular flexibility index (Phi) is 6.27. The van der Waals surface area contributed by atoms with Gasteiger partial charge in [-0.15, -0.1) is 47.3 Å². The van der Waals surface area contributed by atoms with Crippen LogP contribution < -0.4 is 0 Å². The van der Waals surface area contributed by atoms with E-state index in [1.54, 1.807) is 0 Å². The molecule has 0 aliphatic carbocycles. The molecule has 31 heavy (non-hydrogen) atoms. The van der Waals surface area contributed by atoms with E-state index in [1.165, 1.54) is 54.2 Å². The van der Waals surface area contributed by atoms with Crippen molar-refractivity contribution in [3.63, 3.8) is 0 Å². The van der Waals surface area contributed by atoms with Crippen LogP contribution in [0.5, 0.6) is 0 Å². The first-order chi connectivity index (χ1) is 14.8. The summed E-state index contributed by atoms with van der Waals surface area (Å²) in [7, 11) is 0. The van der Waals surface area contributed by atoms with E-state index in [2.05, 4.69) is 111 Å². The molecular weight excluding hydrogens is 419 g/mol. The number of hydrogen-bond donors (Lipinski definition) is 0. The molecule has 0 N–H and O–H groups in total. The summed E-state index contributed by atoms with van der Waals surface area (Å²) in [5.41, 5.74) is 2.97. The van der Waals surface area contributed by atoms with Gasteiger partial charge < -0.3 is 57.4 Å². The fraction of sp³-hybridized carbons (Fsp3) is 0.133. The minimum atomic E-state index is 0. The van der Waals surface area contributed by atoms with Crippen LogP contribution in [0.15, 0.2) is 97.1 Å². The van der Waals surface area contributed by atoms with E-state index in [9.17, 15) is 0 Å². The SMILES string of the molecule is CC[c-]1[c-]2cccc[c-]2[c-]2cccc[c-]12.CCc1c2ccccc2[c-]2ccccc12.[Co]. The number of rotatable bonds is 2. The molecule has 0 atom stereocenters. The van der Waals surface area contributed by atoms with Gasteiger partial charge in [0.1, 0.15) is 0 Å². The Bertz CT molecular complexity index is 1240. The van der Waals surface area contributed by atoms with Gasteiger partial charge in [-0.2, -0.15) is 18.6 Å². The van der Waals surface area contributed by atoms with E-state index in [1.807, 2.05) is 0 Å². The summed E-state index contributed by atoms with van der Waals surface area (Å²) >= 11 is 0. The number of hydrogen-bond acceptors (Lipinski definition) is 0. The zero-order chi connectivity index (χ0) is 20.5. The summed E-state index contributed by atoms with van der Waals surface area (Å²) in [6.45, 7) is 4.46. The van der Waals surface area contributed by atoms with Crippen LogP contribution in [0.3, 0.4) is 0 Å². The van der Waals surface area contributed by atoms with Crippen molar-refractivity contribution in [3.8, 4) is 0 Å². The van der Waals surface area contributed by atoms with Gasteiger partial charge in [-0.05, 0) is 0 Å². The second kappa shape index (κ2) is 9.09. The van der Waals surface area contributed by atoms with Gasteiger partial charge in [-0.1, -0.05) is 54.6 Å². The first-order valence-corrected chi connectivity index (χ1v) is 10.9. The smallest absolute Gasteiger partial charge is 0 e. The Balaban J connectivity index is 0.000000144. The average molecular weight is 445 g/mol. The van der Waals surface area contributed by atoms with E-state index in [0.29, 0.717) is 0 Å². The molecule has 1 radical (unpaired) electrons. The molecule has 0 bridgehead atoms. The Hall–Kier alpha value is -2.87. The zero-order valence-corrected chi connectivity index (χ0v) is 19.0. The van der Waals surface area contributed by atoms with Crippen LogP contribution in [0.4, 0.5) is 0 Å². The molecule has 0 saturated heterocycles. The van der Waals surface area contributed by atoms with Gasteiger partial charge in [0.05, 0.1) is 0 Å². The monoisotopic (exact) mass is 445 g/mol. The molecule has 6 rings (SSSR count). The zero-order valence-electron chi connectivity index (χ0n) is 18.0. The first-order valence-electron chi connectivity index (χ1n) is 10.9. The van der Waals surface area contributed by atoms with Crippen molar-refractivity contribution in [2.24, 2.45) is 0 Å². The minimum Gasteiger partial charge on any atom is -0.560 e. The molecule has 1 heteroatoms. The molecule has 0 nitrogen and oxygen atoms in total. The molecule has 0 amide bonds. The van der Waals surface area contributed by atoms with Crippen molar-refractivity contribution in [1.82, 2.24) is 0 Å². The normalized spacial score (nSPS) is 10.9. The Morgan fingerprint density at radius 2 is 1.10 bits per heavy atom. The second-order valence-electron chi connectivity index (χ2n) is 7.85. The maximum atomic E-state index is 2.23. The van der Waals surface area contributed by atoms with Crippen LogP contribution in [-0.4, -0.2) is 0 Å². The summed E-state index contributed by atoms with van der Waals surface area (Å²) in [5.74, 6) is 0.